The minimum absolute atomic E-state index is 0.214. The molecule has 2 fully saturated rings. The predicted octanol–water partition coefficient (Wildman–Crippen LogP) is 7.98. The summed E-state index contributed by atoms with van der Waals surface area (Å²) in [4.78, 5) is 26.2. The molecule has 4 unspecified atom stereocenters. The second-order valence-corrected chi connectivity index (χ2v) is 12.2. The predicted molar refractivity (Wildman–Crippen MR) is 172 cm³/mol. The lowest BCUT2D eigenvalue weighted by Crippen LogP contribution is -2.48. The van der Waals surface area contributed by atoms with Crippen molar-refractivity contribution in [1.29, 1.82) is 0 Å². The van der Waals surface area contributed by atoms with Crippen LogP contribution in [0.15, 0.2) is 18.2 Å². The highest BCUT2D eigenvalue weighted by molar-refractivity contribution is 5.78. The number of likely N-dealkylation sites (tertiary alicyclic amines) is 1. The first-order valence-corrected chi connectivity index (χ1v) is 16.9. The number of carbonyl (C=O) groups excluding carboxylic acids is 2. The van der Waals surface area contributed by atoms with Crippen molar-refractivity contribution in [1.82, 2.24) is 15.1 Å². The zero-order valence-corrected chi connectivity index (χ0v) is 27.6. The Morgan fingerprint density at radius 3 is 2.19 bits per heavy atom. The highest BCUT2D eigenvalue weighted by Gasteiger charge is 2.30. The summed E-state index contributed by atoms with van der Waals surface area (Å²) in [6, 6.07) is 4.66. The molecule has 7 heteroatoms. The van der Waals surface area contributed by atoms with Gasteiger partial charge < -0.3 is 15.0 Å². The SMILES string of the molecule is CCC(C)C=O.CCCCC(C)C(=O)N1CCNCC1.CCCCCC(CCC)N1CCC(c2ccc(F)cc2F)C1. The van der Waals surface area contributed by atoms with E-state index in [1.165, 1.54) is 57.4 Å². The summed E-state index contributed by atoms with van der Waals surface area (Å²) in [5.74, 6) is 0.161. The van der Waals surface area contributed by atoms with Gasteiger partial charge in [-0.2, -0.15) is 0 Å². The average molecular weight is 594 g/mol. The lowest BCUT2D eigenvalue weighted by atomic mass is 9.97. The molecule has 0 bridgehead atoms. The number of hydrogen-bond acceptors (Lipinski definition) is 4. The van der Waals surface area contributed by atoms with Gasteiger partial charge in [0.1, 0.15) is 17.9 Å². The van der Waals surface area contributed by atoms with Crippen molar-refractivity contribution in [3.63, 3.8) is 0 Å². The Morgan fingerprint density at radius 1 is 0.952 bits per heavy atom. The summed E-state index contributed by atoms with van der Waals surface area (Å²) in [6.45, 7) is 18.2. The van der Waals surface area contributed by atoms with E-state index >= 15 is 0 Å². The molecule has 2 aliphatic rings. The van der Waals surface area contributed by atoms with E-state index in [0.717, 1.165) is 70.9 Å². The number of rotatable bonds is 14. The number of nitrogens with zero attached hydrogens (tertiary/aromatic N) is 2. The maximum absolute atomic E-state index is 14.0. The molecule has 1 N–H and O–H groups in total. The number of halogens is 2. The highest BCUT2D eigenvalue weighted by Crippen LogP contribution is 2.32. The van der Waals surface area contributed by atoms with Crippen molar-refractivity contribution < 1.29 is 18.4 Å². The normalized spacial score (nSPS) is 19.1. The molecule has 2 heterocycles. The molecule has 3 rings (SSSR count). The van der Waals surface area contributed by atoms with Gasteiger partial charge in [0.25, 0.3) is 0 Å². The first-order valence-electron chi connectivity index (χ1n) is 16.9. The monoisotopic (exact) mass is 593 g/mol. The Balaban J connectivity index is 0.000000376. The fourth-order valence-electron chi connectivity index (χ4n) is 5.60. The Hall–Kier alpha value is -1.86. The topological polar surface area (TPSA) is 52.7 Å². The number of carbonyl (C=O) groups is 2. The van der Waals surface area contributed by atoms with Crippen LogP contribution in [0, 0.1) is 23.5 Å². The van der Waals surface area contributed by atoms with Crippen molar-refractivity contribution >= 4 is 12.2 Å². The van der Waals surface area contributed by atoms with Gasteiger partial charge in [0.2, 0.25) is 5.91 Å². The Bertz CT molecular complexity index is 863. The van der Waals surface area contributed by atoms with Crippen LogP contribution in [0.4, 0.5) is 8.78 Å². The number of benzene rings is 1. The molecule has 4 atom stereocenters. The van der Waals surface area contributed by atoms with Crippen LogP contribution in [0.5, 0.6) is 0 Å². The molecule has 0 aliphatic carbocycles. The van der Waals surface area contributed by atoms with E-state index in [1.807, 2.05) is 18.7 Å². The molecular formula is C35H61F2N3O2. The van der Waals surface area contributed by atoms with E-state index in [1.54, 1.807) is 6.07 Å². The summed E-state index contributed by atoms with van der Waals surface area (Å²) in [5.41, 5.74) is 0.688. The number of amides is 1. The largest absolute Gasteiger partial charge is 0.340 e. The van der Waals surface area contributed by atoms with E-state index in [9.17, 15) is 18.4 Å². The third-order valence-electron chi connectivity index (χ3n) is 8.62. The van der Waals surface area contributed by atoms with Crippen molar-refractivity contribution in [2.45, 2.75) is 124 Å². The molecule has 2 saturated heterocycles. The second kappa shape index (κ2) is 22.6. The van der Waals surface area contributed by atoms with Gasteiger partial charge in [0, 0.05) is 62.6 Å². The van der Waals surface area contributed by atoms with Crippen molar-refractivity contribution in [3.8, 4) is 0 Å². The molecule has 0 aromatic heterocycles. The third-order valence-corrected chi connectivity index (χ3v) is 8.62. The summed E-state index contributed by atoms with van der Waals surface area (Å²) >= 11 is 0. The summed E-state index contributed by atoms with van der Waals surface area (Å²) in [6.07, 6.45) is 13.8. The first kappa shape index (κ1) is 38.2. The fraction of sp³-hybridized carbons (Fsp3) is 0.771. The van der Waals surface area contributed by atoms with Crippen LogP contribution in [0.1, 0.15) is 124 Å². The van der Waals surface area contributed by atoms with Crippen molar-refractivity contribution in [3.05, 3.63) is 35.4 Å². The molecule has 0 radical (unpaired) electrons. The summed E-state index contributed by atoms with van der Waals surface area (Å²) in [5, 5.41) is 3.26. The molecule has 0 spiro atoms. The molecule has 242 valence electrons. The average Bonchev–Trinajstić information content (AvgIpc) is 3.49. The quantitative estimate of drug-likeness (QED) is 0.176. The fourth-order valence-corrected chi connectivity index (χ4v) is 5.60. The molecule has 1 amide bonds. The van der Waals surface area contributed by atoms with Gasteiger partial charge in [-0.25, -0.2) is 8.78 Å². The van der Waals surface area contributed by atoms with Gasteiger partial charge in [-0.1, -0.05) is 86.1 Å². The van der Waals surface area contributed by atoms with Gasteiger partial charge in [-0.05, 0) is 50.3 Å². The zero-order valence-electron chi connectivity index (χ0n) is 27.6. The van der Waals surface area contributed by atoms with E-state index in [2.05, 4.69) is 37.9 Å². The smallest absolute Gasteiger partial charge is 0.225 e. The lowest BCUT2D eigenvalue weighted by molar-refractivity contribution is -0.135. The van der Waals surface area contributed by atoms with Crippen molar-refractivity contribution in [2.75, 3.05) is 39.3 Å². The molecule has 1 aromatic carbocycles. The third kappa shape index (κ3) is 14.5. The molecule has 1 aromatic rings. The number of piperazine rings is 1. The molecule has 42 heavy (non-hydrogen) atoms. The van der Waals surface area contributed by atoms with Crippen LogP contribution in [0.25, 0.3) is 0 Å². The van der Waals surface area contributed by atoms with Gasteiger partial charge in [0.15, 0.2) is 0 Å². The van der Waals surface area contributed by atoms with Gasteiger partial charge in [-0.3, -0.25) is 9.69 Å². The number of aldehydes is 1. The second-order valence-electron chi connectivity index (χ2n) is 12.2. The van der Waals surface area contributed by atoms with E-state index in [4.69, 9.17) is 0 Å². The van der Waals surface area contributed by atoms with Crippen LogP contribution in [-0.2, 0) is 9.59 Å². The minimum Gasteiger partial charge on any atom is -0.340 e. The van der Waals surface area contributed by atoms with Gasteiger partial charge in [-0.15, -0.1) is 0 Å². The molecule has 5 nitrogen and oxygen atoms in total. The number of unbranched alkanes of at least 4 members (excludes halogenated alkanes) is 3. The number of hydrogen-bond donors (Lipinski definition) is 1. The highest BCUT2D eigenvalue weighted by atomic mass is 19.1. The minimum atomic E-state index is -0.487. The van der Waals surface area contributed by atoms with Crippen LogP contribution in [-0.4, -0.2) is 67.3 Å². The molecular weight excluding hydrogens is 532 g/mol. The van der Waals surface area contributed by atoms with Crippen LogP contribution >= 0.6 is 0 Å². The van der Waals surface area contributed by atoms with E-state index < -0.39 is 5.82 Å². The van der Waals surface area contributed by atoms with Crippen LogP contribution in [0.2, 0.25) is 0 Å². The number of nitrogens with one attached hydrogen (secondary N) is 1. The zero-order chi connectivity index (χ0) is 31.3. The Kier molecular flexibility index (Phi) is 20.6. The molecule has 0 saturated carbocycles. The van der Waals surface area contributed by atoms with Crippen molar-refractivity contribution in [2.24, 2.45) is 11.8 Å². The van der Waals surface area contributed by atoms with Gasteiger partial charge >= 0.3 is 0 Å². The first-order chi connectivity index (χ1) is 20.2. The standard InChI is InChI=1S/C19H29F2N.C11H22N2O.C5H10O/c1-3-5-6-8-17(7-4-2)22-12-11-15(14-22)18-10-9-16(20)13-19(18)21;1-3-4-5-10(2)11(14)13-8-6-12-7-9-13;1-3-5(2)4-6/h9-10,13,15,17H,3-8,11-12,14H2,1-2H3;10,12H,3-9H2,1-2H3;4-5H,3H2,1-2H3. The molecule has 2 aliphatic heterocycles. The maximum Gasteiger partial charge on any atom is 0.225 e. The Morgan fingerprint density at radius 2 is 1.64 bits per heavy atom. The van der Waals surface area contributed by atoms with Crippen LogP contribution in [0.3, 0.4) is 0 Å². The van der Waals surface area contributed by atoms with E-state index in [-0.39, 0.29) is 23.6 Å². The maximum atomic E-state index is 14.0. The Labute approximate surface area is 256 Å². The van der Waals surface area contributed by atoms with Crippen LogP contribution < -0.4 is 5.32 Å². The van der Waals surface area contributed by atoms with Gasteiger partial charge in [0.05, 0.1) is 0 Å². The summed E-state index contributed by atoms with van der Waals surface area (Å²) < 4.78 is 27.0. The van der Waals surface area contributed by atoms with E-state index in [0.29, 0.717) is 17.5 Å². The summed E-state index contributed by atoms with van der Waals surface area (Å²) in [7, 11) is 0. The lowest BCUT2D eigenvalue weighted by Gasteiger charge is -2.29.